The Labute approximate surface area is 195 Å². The topological polar surface area (TPSA) is 88.3 Å². The zero-order valence-corrected chi connectivity index (χ0v) is 19.9. The van der Waals surface area contributed by atoms with E-state index in [1.807, 2.05) is 25.1 Å². The van der Waals surface area contributed by atoms with Crippen LogP contribution in [0, 0.1) is 0 Å². The normalized spacial score (nSPS) is 15.4. The molecule has 1 saturated carbocycles. The highest BCUT2D eigenvalue weighted by Crippen LogP contribution is 2.30. The van der Waals surface area contributed by atoms with Gasteiger partial charge in [0, 0.05) is 18.2 Å². The van der Waals surface area contributed by atoms with Gasteiger partial charge in [-0.3, -0.25) is 0 Å². The molecule has 1 aromatic carbocycles. The molecule has 0 amide bonds. The Bertz CT molecular complexity index is 777. The lowest BCUT2D eigenvalue weighted by Crippen LogP contribution is -2.39. The molecule has 30 heavy (non-hydrogen) atoms. The molecule has 7 nitrogen and oxygen atoms in total. The number of aliphatic hydroxyl groups is 1. The van der Waals surface area contributed by atoms with Gasteiger partial charge in [0.2, 0.25) is 0 Å². The quantitative estimate of drug-likeness (QED) is 0.259. The second kappa shape index (κ2) is 12.7. The predicted octanol–water partition coefficient (Wildman–Crippen LogP) is 4.02. The molecule has 0 bridgehead atoms. The number of furan rings is 1. The van der Waals surface area contributed by atoms with Gasteiger partial charge in [0.05, 0.1) is 32.6 Å². The number of nitrogens with zero attached hydrogens (tertiary/aromatic N) is 1. The number of methoxy groups -OCH3 is 1. The number of nitrogens with one attached hydrogen (secondary N) is 2. The van der Waals surface area contributed by atoms with Crippen molar-refractivity contribution in [1.29, 1.82) is 0 Å². The van der Waals surface area contributed by atoms with Gasteiger partial charge < -0.3 is 29.6 Å². The van der Waals surface area contributed by atoms with Crippen molar-refractivity contribution in [3.63, 3.8) is 0 Å². The molecule has 1 atom stereocenters. The van der Waals surface area contributed by atoms with Gasteiger partial charge in [0.25, 0.3) is 0 Å². The minimum absolute atomic E-state index is 0. The Balaban J connectivity index is 0.00000320. The van der Waals surface area contributed by atoms with Gasteiger partial charge >= 0.3 is 0 Å². The van der Waals surface area contributed by atoms with E-state index >= 15 is 0 Å². The fourth-order valence-corrected chi connectivity index (χ4v) is 3.37. The van der Waals surface area contributed by atoms with Crippen molar-refractivity contribution in [2.45, 2.75) is 51.4 Å². The van der Waals surface area contributed by atoms with Crippen LogP contribution in [0.15, 0.2) is 46.0 Å². The molecule has 1 fully saturated rings. The number of ether oxygens (including phenoxy) is 2. The number of aliphatic hydroxyl groups excluding tert-OH is 1. The molecule has 1 unspecified atom stereocenters. The first-order valence-corrected chi connectivity index (χ1v) is 10.3. The van der Waals surface area contributed by atoms with Crippen molar-refractivity contribution in [1.82, 2.24) is 10.6 Å². The molecule has 166 valence electrons. The summed E-state index contributed by atoms with van der Waals surface area (Å²) in [6.45, 7) is 3.48. The maximum absolute atomic E-state index is 10.2. The summed E-state index contributed by atoms with van der Waals surface area (Å²) in [6.07, 6.45) is 5.69. The summed E-state index contributed by atoms with van der Waals surface area (Å²) in [6, 6.07) is 9.36. The molecule has 1 aliphatic carbocycles. The van der Waals surface area contributed by atoms with Crippen LogP contribution < -0.4 is 20.1 Å². The van der Waals surface area contributed by atoms with E-state index in [1.54, 1.807) is 25.5 Å². The Morgan fingerprint density at radius 2 is 2.07 bits per heavy atom. The van der Waals surface area contributed by atoms with Gasteiger partial charge in [-0.15, -0.1) is 24.0 Å². The number of rotatable bonds is 9. The minimum Gasteiger partial charge on any atom is -0.497 e. The number of aliphatic imine (C=N–C) groups is 1. The molecule has 1 aromatic heterocycles. The van der Waals surface area contributed by atoms with Crippen molar-refractivity contribution < 1.29 is 19.0 Å². The first-order chi connectivity index (χ1) is 14.2. The highest BCUT2D eigenvalue weighted by Gasteiger charge is 2.18. The van der Waals surface area contributed by atoms with Crippen LogP contribution in [-0.4, -0.2) is 37.4 Å². The molecular weight excluding hydrogens is 497 g/mol. The van der Waals surface area contributed by atoms with Crippen molar-refractivity contribution >= 4 is 29.9 Å². The molecule has 1 aliphatic rings. The summed E-state index contributed by atoms with van der Waals surface area (Å²) in [4.78, 5) is 4.66. The summed E-state index contributed by atoms with van der Waals surface area (Å²) in [5.41, 5.74) is 1.00. The second-order valence-corrected chi connectivity index (χ2v) is 7.11. The molecule has 0 aliphatic heterocycles. The summed E-state index contributed by atoms with van der Waals surface area (Å²) < 4.78 is 16.8. The minimum atomic E-state index is -0.740. The van der Waals surface area contributed by atoms with E-state index in [0.29, 0.717) is 24.8 Å². The first kappa shape index (κ1) is 24.3. The van der Waals surface area contributed by atoms with Crippen molar-refractivity contribution in [2.75, 3.05) is 20.2 Å². The van der Waals surface area contributed by atoms with Crippen LogP contribution in [-0.2, 0) is 6.54 Å². The maximum Gasteiger partial charge on any atom is 0.191 e. The Kier molecular flexibility index (Phi) is 10.3. The molecule has 0 spiro atoms. The van der Waals surface area contributed by atoms with Gasteiger partial charge in [-0.25, -0.2) is 4.99 Å². The molecule has 0 radical (unpaired) electrons. The summed E-state index contributed by atoms with van der Waals surface area (Å²) in [5.74, 6) is 2.75. The van der Waals surface area contributed by atoms with Crippen molar-refractivity contribution in [3.8, 4) is 11.5 Å². The fraction of sp³-hybridized carbons (Fsp3) is 0.500. The van der Waals surface area contributed by atoms with E-state index < -0.39 is 6.10 Å². The predicted molar refractivity (Wildman–Crippen MR) is 128 cm³/mol. The van der Waals surface area contributed by atoms with E-state index in [2.05, 4.69) is 15.6 Å². The van der Waals surface area contributed by atoms with Gasteiger partial charge in [0.1, 0.15) is 23.4 Å². The van der Waals surface area contributed by atoms with Gasteiger partial charge in [0.15, 0.2) is 5.96 Å². The lowest BCUT2D eigenvalue weighted by Gasteiger charge is -2.18. The van der Waals surface area contributed by atoms with E-state index in [0.717, 1.165) is 36.4 Å². The van der Waals surface area contributed by atoms with Crippen LogP contribution in [0.2, 0.25) is 0 Å². The molecule has 1 heterocycles. The SMILES string of the molecule is CCNC(=NCc1ccc(OC)cc1OC1CCCC1)NCC(O)c1ccco1.I. The number of halogens is 1. The van der Waals surface area contributed by atoms with E-state index in [9.17, 15) is 5.11 Å². The van der Waals surface area contributed by atoms with Crippen LogP contribution in [0.3, 0.4) is 0 Å². The largest absolute Gasteiger partial charge is 0.497 e. The highest BCUT2D eigenvalue weighted by molar-refractivity contribution is 14.0. The number of guanidine groups is 1. The van der Waals surface area contributed by atoms with Crippen LogP contribution >= 0.6 is 24.0 Å². The molecule has 3 rings (SSSR count). The Morgan fingerprint density at radius 3 is 2.73 bits per heavy atom. The third-order valence-electron chi connectivity index (χ3n) is 4.96. The van der Waals surface area contributed by atoms with Gasteiger partial charge in [-0.2, -0.15) is 0 Å². The molecule has 3 N–H and O–H groups in total. The van der Waals surface area contributed by atoms with Crippen LogP contribution in [0.4, 0.5) is 0 Å². The second-order valence-electron chi connectivity index (χ2n) is 7.11. The average Bonchev–Trinajstić information content (AvgIpc) is 3.44. The van der Waals surface area contributed by atoms with Crippen molar-refractivity contribution in [2.24, 2.45) is 4.99 Å². The lowest BCUT2D eigenvalue weighted by molar-refractivity contribution is 0.153. The number of hydrogen-bond acceptors (Lipinski definition) is 5. The monoisotopic (exact) mass is 529 g/mol. The standard InChI is InChI=1S/C22H31N3O4.HI/c1-3-23-22(25-15-19(26)20-9-6-12-28-20)24-14-16-10-11-18(27-2)13-21(16)29-17-7-4-5-8-17;/h6,9-13,17,19,26H,3-5,7-8,14-15H2,1-2H3,(H2,23,24,25);1H. The van der Waals surface area contributed by atoms with Gasteiger partial charge in [-0.05, 0) is 56.9 Å². The zero-order chi connectivity index (χ0) is 20.5. The molecule has 0 saturated heterocycles. The molecule has 8 heteroatoms. The van der Waals surface area contributed by atoms with Crippen LogP contribution in [0.25, 0.3) is 0 Å². The fourth-order valence-electron chi connectivity index (χ4n) is 3.37. The lowest BCUT2D eigenvalue weighted by atomic mass is 10.2. The van der Waals surface area contributed by atoms with E-state index in [1.165, 1.54) is 12.8 Å². The van der Waals surface area contributed by atoms with E-state index in [-0.39, 0.29) is 30.1 Å². The number of hydrogen-bond donors (Lipinski definition) is 3. The highest BCUT2D eigenvalue weighted by atomic mass is 127. The first-order valence-electron chi connectivity index (χ1n) is 10.3. The Hall–Kier alpha value is -1.94. The third kappa shape index (κ3) is 7.09. The maximum atomic E-state index is 10.2. The average molecular weight is 529 g/mol. The zero-order valence-electron chi connectivity index (χ0n) is 17.6. The summed E-state index contributed by atoms with van der Waals surface area (Å²) >= 11 is 0. The van der Waals surface area contributed by atoms with Crippen molar-refractivity contribution in [3.05, 3.63) is 47.9 Å². The smallest absolute Gasteiger partial charge is 0.191 e. The summed E-state index contributed by atoms with van der Waals surface area (Å²) in [5, 5.41) is 16.6. The van der Waals surface area contributed by atoms with E-state index in [4.69, 9.17) is 13.9 Å². The molecular formula is C22H32IN3O4. The number of benzene rings is 1. The van der Waals surface area contributed by atoms with Crippen LogP contribution in [0.1, 0.15) is 50.0 Å². The van der Waals surface area contributed by atoms with Gasteiger partial charge in [-0.1, -0.05) is 0 Å². The Morgan fingerprint density at radius 1 is 1.27 bits per heavy atom. The van der Waals surface area contributed by atoms with Crippen LogP contribution in [0.5, 0.6) is 11.5 Å². The third-order valence-corrected chi connectivity index (χ3v) is 4.96. The molecule has 2 aromatic rings. The summed E-state index contributed by atoms with van der Waals surface area (Å²) in [7, 11) is 1.66.